The molecule has 1 aromatic rings. The Morgan fingerprint density at radius 3 is 2.40 bits per heavy atom. The number of hydrogen-bond acceptors (Lipinski definition) is 7. The number of rotatable bonds is 8. The number of carbonyl (C=O) groups is 1. The van der Waals surface area contributed by atoms with Crippen molar-refractivity contribution in [1.29, 1.82) is 0 Å². The molecule has 1 heterocycles. The molecule has 0 unspecified atom stereocenters. The van der Waals surface area contributed by atoms with Crippen molar-refractivity contribution in [2.24, 2.45) is 46.3 Å². The number of ether oxygens (including phenoxy) is 1. The number of nitrogens with one attached hydrogen (secondary N) is 1. The number of sulfonamides is 1. The highest BCUT2D eigenvalue weighted by Gasteiger charge is 2.64. The Kier molecular flexibility index (Phi) is 9.04. The van der Waals surface area contributed by atoms with Crippen LogP contribution in [0.25, 0.3) is 0 Å². The van der Waals surface area contributed by atoms with Gasteiger partial charge in [0.1, 0.15) is 0 Å². The summed E-state index contributed by atoms with van der Waals surface area (Å²) in [6.45, 7) is 12.3. The third-order valence-corrected chi connectivity index (χ3v) is 14.6. The zero-order valence-corrected chi connectivity index (χ0v) is 27.8. The molecule has 4 aliphatic carbocycles. The van der Waals surface area contributed by atoms with Crippen molar-refractivity contribution in [1.82, 2.24) is 9.71 Å². The number of fused-ring (bicyclic) bond motifs is 5. The highest BCUT2D eigenvalue weighted by atomic mass is 32.2. The van der Waals surface area contributed by atoms with Crippen molar-refractivity contribution in [3.05, 3.63) is 23.9 Å². The predicted molar refractivity (Wildman–Crippen MR) is 167 cm³/mol. The summed E-state index contributed by atoms with van der Waals surface area (Å²) in [7, 11) is -3.80. The van der Waals surface area contributed by atoms with Crippen LogP contribution in [-0.4, -0.2) is 53.1 Å². The fourth-order valence-corrected chi connectivity index (χ4v) is 10.6. The van der Waals surface area contributed by atoms with Crippen molar-refractivity contribution < 1.29 is 28.2 Å². The molecule has 5 rings (SSSR count). The van der Waals surface area contributed by atoms with Gasteiger partial charge in [0.05, 0.1) is 29.1 Å². The van der Waals surface area contributed by atoms with E-state index in [0.29, 0.717) is 42.1 Å². The maximum atomic E-state index is 12.4. The van der Waals surface area contributed by atoms with E-state index in [9.17, 15) is 23.4 Å². The second-order valence-corrected chi connectivity index (χ2v) is 18.1. The molecule has 8 nitrogen and oxygen atoms in total. The maximum Gasteiger partial charge on any atom is 0.266 e. The summed E-state index contributed by atoms with van der Waals surface area (Å²) in [5.74, 6) is 2.49. The van der Waals surface area contributed by atoms with Gasteiger partial charge >= 0.3 is 0 Å². The number of aromatic nitrogens is 1. The summed E-state index contributed by atoms with van der Waals surface area (Å²) >= 11 is 0. The van der Waals surface area contributed by atoms with Crippen LogP contribution in [0.4, 0.5) is 0 Å². The summed E-state index contributed by atoms with van der Waals surface area (Å²) in [5, 5.41) is 22.4. The van der Waals surface area contributed by atoms with Gasteiger partial charge in [0.15, 0.2) is 0 Å². The third-order valence-electron chi connectivity index (χ3n) is 12.6. The number of carbonyl (C=O) groups excluding carboxylic acids is 1. The van der Waals surface area contributed by atoms with Gasteiger partial charge in [0.2, 0.25) is 15.9 Å². The van der Waals surface area contributed by atoms with Crippen molar-refractivity contribution >= 4 is 15.9 Å². The van der Waals surface area contributed by atoms with E-state index < -0.39 is 20.7 Å². The zero-order valence-electron chi connectivity index (χ0n) is 27.0. The quantitative estimate of drug-likeness (QED) is 0.318. The first-order chi connectivity index (χ1) is 20.1. The van der Waals surface area contributed by atoms with Gasteiger partial charge in [-0.3, -0.25) is 4.79 Å². The average Bonchev–Trinajstić information content (AvgIpc) is 3.27. The zero-order chi connectivity index (χ0) is 31.4. The largest absolute Gasteiger partial charge is 0.478 e. The number of aliphatic hydroxyl groups excluding tert-OH is 2. The molecule has 3 N–H and O–H groups in total. The minimum Gasteiger partial charge on any atom is -0.478 e. The lowest BCUT2D eigenvalue weighted by molar-refractivity contribution is -0.202. The minimum absolute atomic E-state index is 0.167. The number of hydrogen-bond donors (Lipinski definition) is 3. The summed E-state index contributed by atoms with van der Waals surface area (Å²) in [6.07, 6.45) is 11.5. The predicted octanol–water partition coefficient (Wildman–Crippen LogP) is 5.73. The van der Waals surface area contributed by atoms with E-state index in [1.54, 1.807) is 6.07 Å². The van der Waals surface area contributed by atoms with Crippen LogP contribution in [0, 0.1) is 46.3 Å². The standard InChI is InChI=1S/C34H54N2O6S/c1-7-24-27-19-23(37)14-16-34(27,6)26-15-17-33(5)22(11-12-25(33)29(26)30(24)38)9-8-18-42-28-13-10-21(20-35-28)31(39)36-43(40,41)32(2,3)4/h10,13,20,22-27,29-30,37-38H,7-9,11-12,14-19H2,1-6H3,(H,36,39)/t22-,23+,24+,25-,26-,27-,29-,30+,33+,34+/m0/s1. The van der Waals surface area contributed by atoms with Crippen LogP contribution in [0.2, 0.25) is 0 Å². The van der Waals surface area contributed by atoms with E-state index in [4.69, 9.17) is 4.74 Å². The molecule has 43 heavy (non-hydrogen) atoms. The van der Waals surface area contributed by atoms with Gasteiger partial charge < -0.3 is 14.9 Å². The highest BCUT2D eigenvalue weighted by molar-refractivity contribution is 7.91. The number of nitrogens with zero attached hydrogens (tertiary/aromatic N) is 1. The molecule has 4 fully saturated rings. The smallest absolute Gasteiger partial charge is 0.266 e. The van der Waals surface area contributed by atoms with Gasteiger partial charge in [-0.1, -0.05) is 27.2 Å². The Balaban J connectivity index is 1.17. The molecule has 1 amide bonds. The van der Waals surface area contributed by atoms with Crippen LogP contribution in [0.1, 0.15) is 116 Å². The van der Waals surface area contributed by atoms with Gasteiger partial charge in [-0.05, 0) is 131 Å². The molecule has 0 aliphatic heterocycles. The second-order valence-electron chi connectivity index (χ2n) is 15.6. The Hall–Kier alpha value is -1.71. The molecule has 1 aromatic heterocycles. The molecule has 9 heteroatoms. The lowest BCUT2D eigenvalue weighted by atomic mass is 9.41. The van der Waals surface area contributed by atoms with Crippen molar-refractivity contribution in [3.63, 3.8) is 0 Å². The first kappa shape index (κ1) is 32.7. The Morgan fingerprint density at radius 2 is 1.74 bits per heavy atom. The van der Waals surface area contributed by atoms with Crippen molar-refractivity contribution in [2.75, 3.05) is 6.61 Å². The van der Waals surface area contributed by atoms with Crippen molar-refractivity contribution in [2.45, 2.75) is 123 Å². The molecular weight excluding hydrogens is 564 g/mol. The Bertz CT molecular complexity index is 1260. The molecule has 0 bridgehead atoms. The third kappa shape index (κ3) is 5.87. The monoisotopic (exact) mass is 618 g/mol. The molecule has 4 saturated carbocycles. The minimum atomic E-state index is -3.80. The normalized spacial score (nSPS) is 39.3. The second kappa shape index (κ2) is 11.9. The maximum absolute atomic E-state index is 12.4. The average molecular weight is 619 g/mol. The van der Waals surface area contributed by atoms with E-state index in [1.165, 1.54) is 58.7 Å². The molecular formula is C34H54N2O6S. The molecule has 10 atom stereocenters. The van der Waals surface area contributed by atoms with Gasteiger partial charge in [0, 0.05) is 12.3 Å². The lowest BCUT2D eigenvalue weighted by Crippen LogP contribution is -2.62. The molecule has 0 aromatic carbocycles. The summed E-state index contributed by atoms with van der Waals surface area (Å²) in [6, 6.07) is 3.15. The van der Waals surface area contributed by atoms with Crippen molar-refractivity contribution in [3.8, 4) is 5.88 Å². The van der Waals surface area contributed by atoms with Gasteiger partial charge in [-0.2, -0.15) is 0 Å². The molecule has 242 valence electrons. The molecule has 0 spiro atoms. The first-order valence-corrected chi connectivity index (χ1v) is 18.1. The van der Waals surface area contributed by atoms with E-state index in [1.807, 2.05) is 0 Å². The molecule has 0 radical (unpaired) electrons. The summed E-state index contributed by atoms with van der Waals surface area (Å²) < 4.78 is 31.5. The van der Waals surface area contributed by atoms with Crippen LogP contribution in [-0.2, 0) is 10.0 Å². The van der Waals surface area contributed by atoms with Crippen LogP contribution < -0.4 is 9.46 Å². The lowest BCUT2D eigenvalue weighted by Gasteiger charge is -2.64. The van der Waals surface area contributed by atoms with Gasteiger partial charge in [-0.25, -0.2) is 18.1 Å². The fraction of sp³-hybridized carbons (Fsp3) is 0.824. The van der Waals surface area contributed by atoms with E-state index in [-0.39, 0.29) is 34.5 Å². The van der Waals surface area contributed by atoms with Crippen LogP contribution in [0.15, 0.2) is 18.3 Å². The van der Waals surface area contributed by atoms with Crippen LogP contribution >= 0.6 is 0 Å². The van der Waals surface area contributed by atoms with E-state index >= 15 is 0 Å². The van der Waals surface area contributed by atoms with E-state index in [2.05, 4.69) is 30.5 Å². The SMILES string of the molecule is CC[C@H]1[C@@H](O)[C@@H]2[C@H](CC[C@]3(C)[C@@H](CCCOc4ccc(C(=O)NS(=O)(=O)C(C)(C)C)cn4)CC[C@@H]23)[C@@]2(C)CC[C@@H](O)C[C@@H]12. The molecule has 0 saturated heterocycles. The Morgan fingerprint density at radius 1 is 1.05 bits per heavy atom. The Labute approximate surface area is 258 Å². The van der Waals surface area contributed by atoms with Gasteiger partial charge in [-0.15, -0.1) is 0 Å². The van der Waals surface area contributed by atoms with Crippen LogP contribution in [0.5, 0.6) is 5.88 Å². The highest BCUT2D eigenvalue weighted by Crippen LogP contribution is 2.69. The fourth-order valence-electron chi connectivity index (χ4n) is 9.98. The molecule has 4 aliphatic rings. The number of amides is 1. The van der Waals surface area contributed by atoms with Crippen LogP contribution in [0.3, 0.4) is 0 Å². The van der Waals surface area contributed by atoms with E-state index in [0.717, 1.165) is 38.5 Å². The number of pyridine rings is 1. The topological polar surface area (TPSA) is 126 Å². The summed E-state index contributed by atoms with van der Waals surface area (Å²) in [5.41, 5.74) is 0.625. The van der Waals surface area contributed by atoms with Gasteiger partial charge in [0.25, 0.3) is 5.91 Å². The number of aliphatic hydroxyl groups is 2. The summed E-state index contributed by atoms with van der Waals surface area (Å²) in [4.78, 5) is 16.6. The first-order valence-electron chi connectivity index (χ1n) is 16.6.